The lowest BCUT2D eigenvalue weighted by Crippen LogP contribution is -2.69. The minimum Gasteiger partial charge on any atom is -0.756 e. The van der Waals surface area contributed by atoms with E-state index in [1.807, 2.05) is 49.4 Å². The number of nitrogens with one attached hydrogen (secondary N) is 3. The minimum absolute atomic E-state index is 0.0365. The smallest absolute Gasteiger partial charge is 0.217 e. The van der Waals surface area contributed by atoms with Gasteiger partial charge in [0.2, 0.25) is 11.6 Å². The van der Waals surface area contributed by atoms with E-state index in [1.165, 1.54) is 0 Å². The van der Waals surface area contributed by atoms with Crippen molar-refractivity contribution in [1.82, 2.24) is 10.6 Å². The standard InChI is InChI=1S/C30H29N4O3/c1-21-9-19-27(20-10-21)34(37)30(31-2,32-3)29(36)24-13-17-26(18-14-24)33-25-15-11-23(12-16-25)28(35)22-7-5-4-6-8-22/h4-20,31-33H,1-3H3/q-1. The molecule has 0 saturated heterocycles. The molecule has 4 rings (SSSR count). The van der Waals surface area contributed by atoms with Gasteiger partial charge in [0, 0.05) is 33.8 Å². The van der Waals surface area contributed by atoms with E-state index < -0.39 is 11.6 Å². The monoisotopic (exact) mass is 493 g/mol. The maximum atomic E-state index is 13.5. The molecule has 0 heterocycles. The summed E-state index contributed by atoms with van der Waals surface area (Å²) in [6, 6.07) is 30.3. The Kier molecular flexibility index (Phi) is 7.79. The van der Waals surface area contributed by atoms with E-state index in [4.69, 9.17) is 0 Å². The van der Waals surface area contributed by atoms with E-state index >= 15 is 0 Å². The van der Waals surface area contributed by atoms with Crippen molar-refractivity contribution in [3.8, 4) is 0 Å². The average Bonchev–Trinajstić information content (AvgIpc) is 2.95. The van der Waals surface area contributed by atoms with Crippen LogP contribution in [0.25, 0.3) is 0 Å². The number of hydroxylamine groups is 1. The van der Waals surface area contributed by atoms with Crippen LogP contribution in [0.4, 0.5) is 17.1 Å². The van der Waals surface area contributed by atoms with Crippen LogP contribution in [0.1, 0.15) is 31.8 Å². The number of benzene rings is 4. The molecule has 4 aromatic carbocycles. The molecule has 0 saturated carbocycles. The second kappa shape index (κ2) is 11.2. The fourth-order valence-electron chi connectivity index (χ4n) is 4.06. The van der Waals surface area contributed by atoms with E-state index in [9.17, 15) is 14.8 Å². The van der Waals surface area contributed by atoms with Crippen molar-refractivity contribution in [1.29, 1.82) is 0 Å². The Morgan fingerprint density at radius 2 is 1.16 bits per heavy atom. The number of rotatable bonds is 10. The number of carbonyl (C=O) groups is 2. The van der Waals surface area contributed by atoms with Crippen LogP contribution >= 0.6 is 0 Å². The summed E-state index contributed by atoms with van der Waals surface area (Å²) in [6.45, 7) is 1.93. The van der Waals surface area contributed by atoms with Crippen molar-refractivity contribution in [2.45, 2.75) is 12.7 Å². The molecule has 188 valence electrons. The van der Waals surface area contributed by atoms with Gasteiger partial charge in [-0.05, 0) is 81.7 Å². The highest BCUT2D eigenvalue weighted by Crippen LogP contribution is 2.25. The molecule has 0 aliphatic heterocycles. The third-order valence-corrected chi connectivity index (χ3v) is 6.24. The van der Waals surface area contributed by atoms with Gasteiger partial charge in [-0.25, -0.2) is 0 Å². The fourth-order valence-corrected chi connectivity index (χ4v) is 4.06. The van der Waals surface area contributed by atoms with Gasteiger partial charge in [-0.1, -0.05) is 48.0 Å². The zero-order valence-electron chi connectivity index (χ0n) is 21.0. The summed E-state index contributed by atoms with van der Waals surface area (Å²) in [4.78, 5) is 26.1. The summed E-state index contributed by atoms with van der Waals surface area (Å²) in [6.07, 6.45) is 0. The van der Waals surface area contributed by atoms with Crippen molar-refractivity contribution < 1.29 is 9.59 Å². The number of ketones is 2. The zero-order valence-corrected chi connectivity index (χ0v) is 21.0. The first kappa shape index (κ1) is 25.8. The summed E-state index contributed by atoms with van der Waals surface area (Å²) >= 11 is 0. The van der Waals surface area contributed by atoms with Gasteiger partial charge in [0.15, 0.2) is 5.78 Å². The maximum Gasteiger partial charge on any atom is 0.217 e. The third-order valence-electron chi connectivity index (χ3n) is 6.24. The number of nitrogens with zero attached hydrogens (tertiary/aromatic N) is 1. The molecule has 0 unspecified atom stereocenters. The molecular formula is C30H29N4O3-. The van der Waals surface area contributed by atoms with Gasteiger partial charge in [0.05, 0.1) is 0 Å². The van der Waals surface area contributed by atoms with Gasteiger partial charge in [0.25, 0.3) is 0 Å². The van der Waals surface area contributed by atoms with Crippen molar-refractivity contribution >= 4 is 28.6 Å². The molecule has 7 heteroatoms. The van der Waals surface area contributed by atoms with Crippen LogP contribution in [0.5, 0.6) is 0 Å². The molecule has 37 heavy (non-hydrogen) atoms. The number of likely N-dealkylation sites (N-methyl/N-ethyl adjacent to an activating group) is 2. The molecule has 0 atom stereocenters. The molecule has 0 amide bonds. The lowest BCUT2D eigenvalue weighted by Gasteiger charge is -2.48. The number of Topliss-reactive ketones (excluding diaryl/α,β-unsaturated/α-hetero) is 1. The molecular weight excluding hydrogens is 464 g/mol. The molecule has 3 N–H and O–H groups in total. The fraction of sp³-hybridized carbons (Fsp3) is 0.133. The lowest BCUT2D eigenvalue weighted by molar-refractivity contribution is 0.0830. The van der Waals surface area contributed by atoms with Crippen LogP contribution < -0.4 is 21.0 Å². The van der Waals surface area contributed by atoms with Crippen LogP contribution in [-0.4, -0.2) is 31.4 Å². The predicted octanol–water partition coefficient (Wildman–Crippen LogP) is 5.25. The van der Waals surface area contributed by atoms with Crippen molar-refractivity contribution in [3.63, 3.8) is 0 Å². The number of hydrogen-bond donors (Lipinski definition) is 3. The Labute approximate surface area is 216 Å². The summed E-state index contributed by atoms with van der Waals surface area (Å²) in [5.74, 6) is -2.13. The molecule has 0 aliphatic rings. The summed E-state index contributed by atoms with van der Waals surface area (Å²) in [7, 11) is 3.13. The SMILES string of the molecule is CNC(NC)(C(=O)c1ccc(Nc2ccc(C(=O)c3ccccc3)cc2)cc1)N([O-])c1ccc(C)cc1. The minimum atomic E-state index is -1.68. The highest BCUT2D eigenvalue weighted by atomic mass is 16.5. The van der Waals surface area contributed by atoms with Gasteiger partial charge in [0.1, 0.15) is 0 Å². The number of anilines is 3. The Hall–Kier alpha value is -4.30. The van der Waals surface area contributed by atoms with Gasteiger partial charge < -0.3 is 15.6 Å². The van der Waals surface area contributed by atoms with Gasteiger partial charge in [-0.3, -0.25) is 20.2 Å². The Bertz CT molecular complexity index is 1350. The Balaban J connectivity index is 1.48. The van der Waals surface area contributed by atoms with Gasteiger partial charge >= 0.3 is 0 Å². The van der Waals surface area contributed by atoms with Crippen molar-refractivity contribution in [3.05, 3.63) is 131 Å². The van der Waals surface area contributed by atoms with Crippen LogP contribution in [0.2, 0.25) is 0 Å². The van der Waals surface area contributed by atoms with Crippen LogP contribution in [0.15, 0.2) is 103 Å². The first-order chi connectivity index (χ1) is 17.9. The van der Waals surface area contributed by atoms with E-state index in [0.29, 0.717) is 27.4 Å². The normalized spacial score (nSPS) is 11.1. The largest absolute Gasteiger partial charge is 0.756 e. The van der Waals surface area contributed by atoms with E-state index in [2.05, 4.69) is 16.0 Å². The molecule has 0 radical (unpaired) electrons. The van der Waals surface area contributed by atoms with Gasteiger partial charge in [-0.2, -0.15) is 0 Å². The zero-order chi connectivity index (χ0) is 26.4. The van der Waals surface area contributed by atoms with Gasteiger partial charge in [-0.15, -0.1) is 0 Å². The molecule has 0 fully saturated rings. The van der Waals surface area contributed by atoms with E-state index in [1.54, 1.807) is 74.8 Å². The summed E-state index contributed by atoms with van der Waals surface area (Å²) in [5, 5.41) is 22.9. The average molecular weight is 494 g/mol. The molecule has 0 bridgehead atoms. The predicted molar refractivity (Wildman–Crippen MR) is 148 cm³/mol. The van der Waals surface area contributed by atoms with Crippen LogP contribution in [0, 0.1) is 12.1 Å². The number of carbonyl (C=O) groups excluding carboxylic acids is 2. The highest BCUT2D eigenvalue weighted by molar-refractivity contribution is 6.09. The van der Waals surface area contributed by atoms with E-state index in [-0.39, 0.29) is 5.78 Å². The van der Waals surface area contributed by atoms with Crippen molar-refractivity contribution in [2.75, 3.05) is 24.5 Å². The first-order valence-corrected chi connectivity index (χ1v) is 11.9. The van der Waals surface area contributed by atoms with Crippen LogP contribution in [-0.2, 0) is 0 Å². The van der Waals surface area contributed by atoms with E-state index in [0.717, 1.165) is 16.9 Å². The summed E-state index contributed by atoms with van der Waals surface area (Å²) < 4.78 is 0. The maximum absolute atomic E-state index is 13.5. The first-order valence-electron chi connectivity index (χ1n) is 11.9. The number of aryl methyl sites for hydroxylation is 1. The quantitative estimate of drug-likeness (QED) is 0.158. The second-order valence-corrected chi connectivity index (χ2v) is 8.64. The highest BCUT2D eigenvalue weighted by Gasteiger charge is 2.38. The van der Waals surface area contributed by atoms with Crippen molar-refractivity contribution in [2.24, 2.45) is 0 Å². The molecule has 0 spiro atoms. The molecule has 0 aliphatic carbocycles. The molecule has 0 aromatic heterocycles. The third kappa shape index (κ3) is 5.44. The summed E-state index contributed by atoms with van der Waals surface area (Å²) in [5.41, 5.74) is 4.54. The molecule has 7 nitrogen and oxygen atoms in total. The molecule has 4 aromatic rings. The lowest BCUT2D eigenvalue weighted by atomic mass is 10.0. The van der Waals surface area contributed by atoms with Crippen LogP contribution in [0.3, 0.4) is 0 Å². The topological polar surface area (TPSA) is 96.5 Å². The number of hydrogen-bond acceptors (Lipinski definition) is 7. The Morgan fingerprint density at radius 1 is 0.676 bits per heavy atom. The second-order valence-electron chi connectivity index (χ2n) is 8.64. The Morgan fingerprint density at radius 3 is 1.68 bits per heavy atom.